The van der Waals surface area contributed by atoms with Crippen molar-refractivity contribution >= 4 is 23.4 Å². The number of alkyl halides is 3. The number of nitrogens with zero attached hydrogens (tertiary/aromatic N) is 1. The van der Waals surface area contributed by atoms with Crippen molar-refractivity contribution < 1.29 is 28.0 Å². The molecule has 1 N–H and O–H groups in total. The average Bonchev–Trinajstić information content (AvgIpc) is 2.27. The number of carboxylic acid groups (broad SMARTS) is 1. The number of carbonyl (C=O) groups is 1. The second-order valence-electron chi connectivity index (χ2n) is 3.53. The molecule has 0 saturated heterocycles. The zero-order valence-electron chi connectivity index (χ0n) is 9.47. The summed E-state index contributed by atoms with van der Waals surface area (Å²) in [7, 11) is 0. The van der Waals surface area contributed by atoms with E-state index in [1.807, 2.05) is 0 Å². The van der Waals surface area contributed by atoms with Gasteiger partial charge >= 0.3 is 12.1 Å². The number of rotatable bonds is 4. The first kappa shape index (κ1) is 15.3. The van der Waals surface area contributed by atoms with E-state index in [4.69, 9.17) is 5.11 Å². The summed E-state index contributed by atoms with van der Waals surface area (Å²) in [5, 5.41) is 18.2. The van der Waals surface area contributed by atoms with Gasteiger partial charge in [-0.2, -0.15) is 13.2 Å². The first-order chi connectivity index (χ1) is 8.62. The van der Waals surface area contributed by atoms with E-state index in [1.165, 1.54) is 6.92 Å². The highest BCUT2D eigenvalue weighted by atomic mass is 32.2. The Morgan fingerprint density at radius 3 is 2.47 bits per heavy atom. The quantitative estimate of drug-likeness (QED) is 0.524. The van der Waals surface area contributed by atoms with Gasteiger partial charge in [-0.3, -0.25) is 14.9 Å². The molecular weight excluding hydrogens is 287 g/mol. The molecule has 0 aliphatic carbocycles. The fourth-order valence-corrected chi connectivity index (χ4v) is 2.07. The van der Waals surface area contributed by atoms with E-state index in [0.29, 0.717) is 17.8 Å². The van der Waals surface area contributed by atoms with Crippen molar-refractivity contribution in [2.75, 3.05) is 0 Å². The monoisotopic (exact) mass is 295 g/mol. The normalized spacial score (nSPS) is 13.1. The molecule has 104 valence electrons. The van der Waals surface area contributed by atoms with Crippen molar-refractivity contribution in [1.29, 1.82) is 0 Å². The molecule has 0 heterocycles. The van der Waals surface area contributed by atoms with E-state index in [9.17, 15) is 28.1 Å². The fourth-order valence-electron chi connectivity index (χ4n) is 1.23. The van der Waals surface area contributed by atoms with E-state index in [-0.39, 0.29) is 4.90 Å². The lowest BCUT2D eigenvalue weighted by atomic mass is 10.2. The first-order valence-electron chi connectivity index (χ1n) is 4.88. The number of benzene rings is 1. The van der Waals surface area contributed by atoms with Crippen LogP contribution in [-0.4, -0.2) is 21.2 Å². The van der Waals surface area contributed by atoms with Gasteiger partial charge in [0, 0.05) is 11.0 Å². The van der Waals surface area contributed by atoms with Crippen molar-refractivity contribution in [2.24, 2.45) is 0 Å². The minimum Gasteiger partial charge on any atom is -0.480 e. The summed E-state index contributed by atoms with van der Waals surface area (Å²) < 4.78 is 38.0. The lowest BCUT2D eigenvalue weighted by Crippen LogP contribution is -2.12. The van der Waals surface area contributed by atoms with Crippen LogP contribution in [0, 0.1) is 10.1 Å². The van der Waals surface area contributed by atoms with Crippen LogP contribution in [0.3, 0.4) is 0 Å². The maximum absolute atomic E-state index is 12.7. The summed E-state index contributed by atoms with van der Waals surface area (Å²) in [6, 6.07) is 2.40. The highest BCUT2D eigenvalue weighted by Gasteiger charge is 2.38. The highest BCUT2D eigenvalue weighted by molar-refractivity contribution is 8.00. The van der Waals surface area contributed by atoms with Gasteiger partial charge in [-0.25, -0.2) is 0 Å². The topological polar surface area (TPSA) is 80.4 Å². The minimum absolute atomic E-state index is 0.00725. The summed E-state index contributed by atoms with van der Waals surface area (Å²) in [6.07, 6.45) is -4.87. The Labute approximate surface area is 109 Å². The zero-order valence-corrected chi connectivity index (χ0v) is 10.3. The number of hydrogen-bond acceptors (Lipinski definition) is 4. The van der Waals surface area contributed by atoms with Gasteiger partial charge in [0.05, 0.1) is 4.92 Å². The Kier molecular flexibility index (Phi) is 4.40. The molecule has 0 spiro atoms. The second kappa shape index (κ2) is 5.47. The van der Waals surface area contributed by atoms with Gasteiger partial charge < -0.3 is 5.11 Å². The predicted molar refractivity (Wildman–Crippen MR) is 61.1 cm³/mol. The Balaban J connectivity index is 3.19. The van der Waals surface area contributed by atoms with Crippen LogP contribution in [0.25, 0.3) is 0 Å². The number of aliphatic carboxylic acids is 1. The molecule has 1 atom stereocenters. The Bertz CT molecular complexity index is 518. The molecule has 19 heavy (non-hydrogen) atoms. The van der Waals surface area contributed by atoms with Gasteiger partial charge in [-0.05, 0) is 19.1 Å². The molecule has 0 aliphatic rings. The van der Waals surface area contributed by atoms with Crippen molar-refractivity contribution in [3.63, 3.8) is 0 Å². The minimum atomic E-state index is -4.87. The molecular formula is C10H8F3NO4S. The molecule has 0 bridgehead atoms. The molecule has 1 aromatic rings. The van der Waals surface area contributed by atoms with Crippen LogP contribution in [0.15, 0.2) is 23.1 Å². The Morgan fingerprint density at radius 1 is 1.47 bits per heavy atom. The van der Waals surface area contributed by atoms with Gasteiger partial charge in [0.15, 0.2) is 0 Å². The van der Waals surface area contributed by atoms with Gasteiger partial charge in [0.25, 0.3) is 5.69 Å². The van der Waals surface area contributed by atoms with Gasteiger partial charge in [-0.15, -0.1) is 11.8 Å². The summed E-state index contributed by atoms with van der Waals surface area (Å²) in [4.78, 5) is 20.0. The van der Waals surface area contributed by atoms with Crippen molar-refractivity contribution in [2.45, 2.75) is 23.2 Å². The summed E-state index contributed by atoms with van der Waals surface area (Å²) in [5.41, 5.74) is -2.44. The number of nitro benzene ring substituents is 1. The van der Waals surface area contributed by atoms with Crippen LogP contribution >= 0.6 is 11.8 Å². The third kappa shape index (κ3) is 3.85. The van der Waals surface area contributed by atoms with Gasteiger partial charge in [0.2, 0.25) is 0 Å². The smallest absolute Gasteiger partial charge is 0.423 e. The standard InChI is InChI=1S/C10H8F3NO4S/c1-5(9(15)16)19-6-2-3-8(14(17)18)7(4-6)10(11,12)13/h2-5H,1H3,(H,15,16). The molecule has 1 unspecified atom stereocenters. The van der Waals surface area contributed by atoms with E-state index < -0.39 is 33.6 Å². The molecule has 0 aromatic heterocycles. The Morgan fingerprint density at radius 2 is 2.05 bits per heavy atom. The van der Waals surface area contributed by atoms with Crippen molar-refractivity contribution in [1.82, 2.24) is 0 Å². The van der Waals surface area contributed by atoms with E-state index in [0.717, 1.165) is 12.1 Å². The molecule has 0 fully saturated rings. The molecule has 1 aromatic carbocycles. The number of carboxylic acids is 1. The lowest BCUT2D eigenvalue weighted by Gasteiger charge is -2.10. The zero-order chi connectivity index (χ0) is 14.8. The fraction of sp³-hybridized carbons (Fsp3) is 0.300. The maximum atomic E-state index is 12.7. The van der Waals surface area contributed by atoms with E-state index in [2.05, 4.69) is 0 Å². The highest BCUT2D eigenvalue weighted by Crippen LogP contribution is 2.38. The molecule has 0 aliphatic heterocycles. The molecule has 1 rings (SSSR count). The number of halogens is 3. The summed E-state index contributed by atoms with van der Waals surface area (Å²) >= 11 is 0.680. The molecule has 0 saturated carbocycles. The SMILES string of the molecule is CC(Sc1ccc([N+](=O)[O-])c(C(F)(F)F)c1)C(=O)O. The average molecular weight is 295 g/mol. The van der Waals surface area contributed by atoms with Gasteiger partial charge in [0.1, 0.15) is 10.8 Å². The predicted octanol–water partition coefficient (Wildman–Crippen LogP) is 3.18. The third-order valence-electron chi connectivity index (χ3n) is 2.13. The third-order valence-corrected chi connectivity index (χ3v) is 3.21. The van der Waals surface area contributed by atoms with E-state index >= 15 is 0 Å². The molecule has 5 nitrogen and oxygen atoms in total. The number of thioether (sulfide) groups is 1. The largest absolute Gasteiger partial charge is 0.480 e. The molecule has 0 amide bonds. The number of nitro groups is 1. The van der Waals surface area contributed by atoms with Crippen molar-refractivity contribution in [3.8, 4) is 0 Å². The van der Waals surface area contributed by atoms with Crippen LogP contribution in [-0.2, 0) is 11.0 Å². The van der Waals surface area contributed by atoms with Crippen molar-refractivity contribution in [3.05, 3.63) is 33.9 Å². The Hall–Kier alpha value is -1.77. The maximum Gasteiger partial charge on any atom is 0.423 e. The second-order valence-corrected chi connectivity index (χ2v) is 4.95. The molecule has 0 radical (unpaired) electrons. The van der Waals surface area contributed by atoms with Crippen LogP contribution < -0.4 is 0 Å². The van der Waals surface area contributed by atoms with E-state index in [1.54, 1.807) is 0 Å². The number of hydrogen-bond donors (Lipinski definition) is 1. The first-order valence-corrected chi connectivity index (χ1v) is 5.76. The van der Waals surface area contributed by atoms with Crippen LogP contribution in [0.2, 0.25) is 0 Å². The van der Waals surface area contributed by atoms with Crippen LogP contribution in [0.1, 0.15) is 12.5 Å². The summed E-state index contributed by atoms with van der Waals surface area (Å²) in [6.45, 7) is 1.31. The van der Waals surface area contributed by atoms with Crippen LogP contribution in [0.5, 0.6) is 0 Å². The summed E-state index contributed by atoms with van der Waals surface area (Å²) in [5.74, 6) is -1.18. The molecule has 9 heteroatoms. The van der Waals surface area contributed by atoms with Gasteiger partial charge in [-0.1, -0.05) is 0 Å². The van der Waals surface area contributed by atoms with Crippen LogP contribution in [0.4, 0.5) is 18.9 Å². The lowest BCUT2D eigenvalue weighted by molar-refractivity contribution is -0.388.